The Balaban J connectivity index is 1.52. The Morgan fingerprint density at radius 2 is 2.43 bits per heavy atom. The minimum absolute atomic E-state index is 0.0996. The molecule has 8 heteroatoms. The lowest BCUT2D eigenvalue weighted by Crippen LogP contribution is -2.30. The molecule has 0 aromatic carbocycles. The van der Waals surface area contributed by atoms with E-state index >= 15 is 0 Å². The van der Waals surface area contributed by atoms with Crippen molar-refractivity contribution in [2.75, 3.05) is 18.5 Å². The quantitative estimate of drug-likeness (QED) is 0.871. The molecule has 0 aliphatic carbocycles. The topological polar surface area (TPSA) is 86.2 Å². The number of hydrogen-bond acceptors (Lipinski definition) is 7. The summed E-state index contributed by atoms with van der Waals surface area (Å²) in [5.74, 6) is -0.244. The van der Waals surface area contributed by atoms with Gasteiger partial charge < -0.3 is 9.47 Å². The molecule has 3 heterocycles. The Kier molecular flexibility index (Phi) is 5.27. The van der Waals surface area contributed by atoms with Crippen molar-refractivity contribution in [1.29, 1.82) is 0 Å². The van der Waals surface area contributed by atoms with Crippen molar-refractivity contribution in [3.63, 3.8) is 0 Å². The van der Waals surface area contributed by atoms with Crippen molar-refractivity contribution in [2.45, 2.75) is 32.0 Å². The lowest BCUT2D eigenvalue weighted by atomic mass is 10.2. The number of anilines is 1. The fourth-order valence-electron chi connectivity index (χ4n) is 2.18. The van der Waals surface area contributed by atoms with E-state index in [1.54, 1.807) is 13.1 Å². The van der Waals surface area contributed by atoms with E-state index in [4.69, 9.17) is 9.47 Å². The third-order valence-electron chi connectivity index (χ3n) is 3.46. The summed E-state index contributed by atoms with van der Waals surface area (Å²) in [5, 5.41) is 11.8. The molecule has 7 nitrogen and oxygen atoms in total. The maximum atomic E-state index is 12.1. The van der Waals surface area contributed by atoms with Gasteiger partial charge in [-0.25, -0.2) is 0 Å². The van der Waals surface area contributed by atoms with Gasteiger partial charge in [0.1, 0.15) is 11.8 Å². The standard InChI is InChI=1S/C15H18N4O3S/c1-10(22-9-11-5-4-8-21-11)13(20)17-15-19-18-14(23-15)12-6-2-3-7-16-12/h2-3,6-7,10-11H,4-5,8-9H2,1H3,(H,17,19,20)/t10-,11+/m0/s1. The SMILES string of the molecule is C[C@H](OC[C@H]1CCCO1)C(=O)Nc1nnc(-c2ccccn2)s1. The molecule has 1 N–H and O–H groups in total. The molecular weight excluding hydrogens is 316 g/mol. The lowest BCUT2D eigenvalue weighted by molar-refractivity contribution is -0.128. The molecule has 0 unspecified atom stereocenters. The van der Waals surface area contributed by atoms with E-state index in [-0.39, 0.29) is 12.0 Å². The summed E-state index contributed by atoms with van der Waals surface area (Å²) in [6, 6.07) is 5.56. The molecule has 0 bridgehead atoms. The van der Waals surface area contributed by atoms with Gasteiger partial charge in [0, 0.05) is 12.8 Å². The third-order valence-corrected chi connectivity index (χ3v) is 4.33. The Morgan fingerprint density at radius 3 is 3.17 bits per heavy atom. The van der Waals surface area contributed by atoms with Crippen LogP contribution in [0.15, 0.2) is 24.4 Å². The van der Waals surface area contributed by atoms with Crippen LogP contribution < -0.4 is 5.32 Å². The van der Waals surface area contributed by atoms with E-state index in [9.17, 15) is 4.79 Å². The van der Waals surface area contributed by atoms with Gasteiger partial charge in [-0.15, -0.1) is 10.2 Å². The summed E-state index contributed by atoms with van der Waals surface area (Å²) in [6.07, 6.45) is 3.26. The highest BCUT2D eigenvalue weighted by Crippen LogP contribution is 2.24. The summed E-state index contributed by atoms with van der Waals surface area (Å²) < 4.78 is 11.0. The fraction of sp³-hybridized carbons (Fsp3) is 0.467. The van der Waals surface area contributed by atoms with E-state index in [0.29, 0.717) is 16.7 Å². The van der Waals surface area contributed by atoms with Gasteiger partial charge in [0.05, 0.1) is 12.7 Å². The molecule has 2 aromatic rings. The molecule has 2 aromatic heterocycles. The fourth-order valence-corrected chi connectivity index (χ4v) is 2.90. The Bertz CT molecular complexity index is 643. The first kappa shape index (κ1) is 16.0. The summed E-state index contributed by atoms with van der Waals surface area (Å²) in [6.45, 7) is 2.92. The van der Waals surface area contributed by atoms with Crippen molar-refractivity contribution in [3.05, 3.63) is 24.4 Å². The zero-order valence-corrected chi connectivity index (χ0v) is 13.6. The summed E-state index contributed by atoms with van der Waals surface area (Å²) in [5.41, 5.74) is 0.730. The predicted molar refractivity (Wildman–Crippen MR) is 86.2 cm³/mol. The molecule has 0 spiro atoms. The van der Waals surface area contributed by atoms with Crippen LogP contribution in [0.5, 0.6) is 0 Å². The van der Waals surface area contributed by atoms with Crippen LogP contribution in [0.1, 0.15) is 19.8 Å². The second-order valence-corrected chi connectivity index (χ2v) is 6.20. The predicted octanol–water partition coefficient (Wildman–Crippen LogP) is 2.12. The maximum Gasteiger partial charge on any atom is 0.255 e. The number of aromatic nitrogens is 3. The van der Waals surface area contributed by atoms with Crippen LogP contribution in [0.2, 0.25) is 0 Å². The van der Waals surface area contributed by atoms with Gasteiger partial charge >= 0.3 is 0 Å². The van der Waals surface area contributed by atoms with E-state index in [1.165, 1.54) is 11.3 Å². The number of nitrogens with zero attached hydrogens (tertiary/aromatic N) is 3. The van der Waals surface area contributed by atoms with Crippen LogP contribution in [0.3, 0.4) is 0 Å². The average Bonchev–Trinajstić information content (AvgIpc) is 3.25. The summed E-state index contributed by atoms with van der Waals surface area (Å²) in [4.78, 5) is 16.3. The van der Waals surface area contributed by atoms with E-state index < -0.39 is 6.10 Å². The van der Waals surface area contributed by atoms with E-state index in [1.807, 2.05) is 18.2 Å². The molecular formula is C15H18N4O3S. The van der Waals surface area contributed by atoms with Crippen molar-refractivity contribution in [1.82, 2.24) is 15.2 Å². The average molecular weight is 334 g/mol. The molecule has 0 radical (unpaired) electrons. The van der Waals surface area contributed by atoms with Crippen LogP contribution in [0.4, 0.5) is 5.13 Å². The number of rotatable bonds is 6. The largest absolute Gasteiger partial charge is 0.376 e. The first-order chi connectivity index (χ1) is 11.2. The molecule has 1 aliphatic rings. The smallest absolute Gasteiger partial charge is 0.255 e. The van der Waals surface area contributed by atoms with Gasteiger partial charge in [-0.05, 0) is 31.9 Å². The maximum absolute atomic E-state index is 12.1. The first-order valence-electron chi connectivity index (χ1n) is 7.51. The van der Waals surface area contributed by atoms with Crippen LogP contribution in [0, 0.1) is 0 Å². The first-order valence-corrected chi connectivity index (χ1v) is 8.33. The number of carbonyl (C=O) groups excluding carboxylic acids is 1. The molecule has 122 valence electrons. The summed E-state index contributed by atoms with van der Waals surface area (Å²) in [7, 11) is 0. The highest BCUT2D eigenvalue weighted by molar-refractivity contribution is 7.18. The highest BCUT2D eigenvalue weighted by atomic mass is 32.1. The highest BCUT2D eigenvalue weighted by Gasteiger charge is 2.21. The molecule has 1 aliphatic heterocycles. The van der Waals surface area contributed by atoms with Crippen LogP contribution in [-0.2, 0) is 14.3 Å². The number of carbonyl (C=O) groups is 1. The minimum atomic E-state index is -0.568. The van der Waals surface area contributed by atoms with Crippen LogP contribution in [0.25, 0.3) is 10.7 Å². The molecule has 1 amide bonds. The number of ether oxygens (including phenoxy) is 2. The van der Waals surface area contributed by atoms with E-state index in [2.05, 4.69) is 20.5 Å². The third kappa shape index (κ3) is 4.31. The van der Waals surface area contributed by atoms with Crippen molar-refractivity contribution < 1.29 is 14.3 Å². The second-order valence-electron chi connectivity index (χ2n) is 5.23. The van der Waals surface area contributed by atoms with Crippen molar-refractivity contribution in [2.24, 2.45) is 0 Å². The Labute approximate surface area is 138 Å². The van der Waals surface area contributed by atoms with Gasteiger partial charge in [-0.1, -0.05) is 17.4 Å². The normalized spacial score (nSPS) is 18.7. The number of nitrogens with one attached hydrogen (secondary N) is 1. The minimum Gasteiger partial charge on any atom is -0.376 e. The van der Waals surface area contributed by atoms with E-state index in [0.717, 1.165) is 25.1 Å². The van der Waals surface area contributed by atoms with Crippen LogP contribution in [-0.4, -0.2) is 46.5 Å². The molecule has 3 rings (SSSR count). The van der Waals surface area contributed by atoms with Gasteiger partial charge in [0.25, 0.3) is 5.91 Å². The Morgan fingerprint density at radius 1 is 1.52 bits per heavy atom. The van der Waals surface area contributed by atoms with Gasteiger partial charge in [0.15, 0.2) is 5.01 Å². The van der Waals surface area contributed by atoms with Crippen molar-refractivity contribution in [3.8, 4) is 10.7 Å². The number of pyridine rings is 1. The van der Waals surface area contributed by atoms with Gasteiger partial charge in [-0.2, -0.15) is 0 Å². The molecule has 23 heavy (non-hydrogen) atoms. The molecule has 2 atom stereocenters. The zero-order chi connectivity index (χ0) is 16.1. The monoisotopic (exact) mass is 334 g/mol. The van der Waals surface area contributed by atoms with Crippen LogP contribution >= 0.6 is 11.3 Å². The summed E-state index contributed by atoms with van der Waals surface area (Å²) >= 11 is 1.28. The van der Waals surface area contributed by atoms with Gasteiger partial charge in [-0.3, -0.25) is 15.1 Å². The second kappa shape index (κ2) is 7.58. The zero-order valence-electron chi connectivity index (χ0n) is 12.8. The molecule has 1 fully saturated rings. The van der Waals surface area contributed by atoms with Gasteiger partial charge in [0.2, 0.25) is 5.13 Å². The number of hydrogen-bond donors (Lipinski definition) is 1. The number of amides is 1. The molecule has 1 saturated heterocycles. The molecule has 0 saturated carbocycles. The van der Waals surface area contributed by atoms with Crippen molar-refractivity contribution >= 4 is 22.4 Å². The lowest BCUT2D eigenvalue weighted by Gasteiger charge is -2.15. The Hall–Kier alpha value is -1.90.